The standard InChI is InChI=1S/C14H25NO7S/c1-6-20-12(16)10-9-15(13(17)21-14(2,3)4)8-7-11(10)22-23(5,18)19/h10-11H,6-9H2,1-5H3. The van der Waals surface area contributed by atoms with Gasteiger partial charge in [-0.15, -0.1) is 0 Å². The molecule has 1 aliphatic rings. The van der Waals surface area contributed by atoms with E-state index in [9.17, 15) is 18.0 Å². The highest BCUT2D eigenvalue weighted by atomic mass is 32.2. The van der Waals surface area contributed by atoms with Gasteiger partial charge in [0.15, 0.2) is 0 Å². The molecule has 2 atom stereocenters. The van der Waals surface area contributed by atoms with Crippen LogP contribution in [-0.4, -0.2) is 63.0 Å². The van der Waals surface area contributed by atoms with Crippen molar-refractivity contribution in [3.05, 3.63) is 0 Å². The van der Waals surface area contributed by atoms with E-state index in [0.717, 1.165) is 6.26 Å². The summed E-state index contributed by atoms with van der Waals surface area (Å²) < 4.78 is 37.9. The first-order chi connectivity index (χ1) is 10.4. The lowest BCUT2D eigenvalue weighted by Crippen LogP contribution is -2.51. The largest absolute Gasteiger partial charge is 0.466 e. The van der Waals surface area contributed by atoms with Crippen LogP contribution in [0, 0.1) is 5.92 Å². The Kier molecular flexibility index (Phi) is 6.41. The van der Waals surface area contributed by atoms with Crippen molar-refractivity contribution in [1.29, 1.82) is 0 Å². The van der Waals surface area contributed by atoms with E-state index in [0.29, 0.717) is 0 Å². The average molecular weight is 351 g/mol. The van der Waals surface area contributed by atoms with Crippen LogP contribution in [0.15, 0.2) is 0 Å². The van der Waals surface area contributed by atoms with Crippen LogP contribution in [0.4, 0.5) is 4.79 Å². The van der Waals surface area contributed by atoms with Crippen molar-refractivity contribution >= 4 is 22.2 Å². The number of nitrogens with zero attached hydrogens (tertiary/aromatic N) is 1. The maximum atomic E-state index is 12.1. The van der Waals surface area contributed by atoms with Crippen LogP contribution in [0.5, 0.6) is 0 Å². The molecule has 1 amide bonds. The summed E-state index contributed by atoms with van der Waals surface area (Å²) in [6, 6.07) is 0. The topological polar surface area (TPSA) is 99.2 Å². The molecule has 0 saturated carbocycles. The van der Waals surface area contributed by atoms with Crippen molar-refractivity contribution in [1.82, 2.24) is 4.90 Å². The van der Waals surface area contributed by atoms with E-state index in [1.54, 1.807) is 27.7 Å². The van der Waals surface area contributed by atoms with Gasteiger partial charge in [0.2, 0.25) is 0 Å². The number of hydrogen-bond acceptors (Lipinski definition) is 7. The normalized spacial score (nSPS) is 22.6. The molecule has 0 bridgehead atoms. The number of esters is 1. The molecule has 1 aliphatic heterocycles. The highest BCUT2D eigenvalue weighted by molar-refractivity contribution is 7.86. The van der Waals surface area contributed by atoms with Gasteiger partial charge in [-0.25, -0.2) is 4.79 Å². The van der Waals surface area contributed by atoms with E-state index in [2.05, 4.69) is 0 Å². The molecule has 1 saturated heterocycles. The summed E-state index contributed by atoms with van der Waals surface area (Å²) in [5.74, 6) is -1.46. The second-order valence-corrected chi connectivity index (χ2v) is 8.01. The van der Waals surface area contributed by atoms with Crippen molar-refractivity contribution < 1.29 is 31.7 Å². The summed E-state index contributed by atoms with van der Waals surface area (Å²) in [6.45, 7) is 7.28. The number of rotatable bonds is 4. The van der Waals surface area contributed by atoms with Crippen molar-refractivity contribution in [3.8, 4) is 0 Å². The molecule has 23 heavy (non-hydrogen) atoms. The molecule has 0 spiro atoms. The van der Waals surface area contributed by atoms with Crippen LogP contribution in [0.2, 0.25) is 0 Å². The van der Waals surface area contributed by atoms with E-state index < -0.39 is 39.8 Å². The number of hydrogen-bond donors (Lipinski definition) is 0. The predicted octanol–water partition coefficient (Wildman–Crippen LogP) is 1.15. The fourth-order valence-corrected chi connectivity index (χ4v) is 2.92. The highest BCUT2D eigenvalue weighted by Crippen LogP contribution is 2.24. The summed E-state index contributed by atoms with van der Waals surface area (Å²) in [4.78, 5) is 25.6. The molecule has 8 nitrogen and oxygen atoms in total. The third-order valence-corrected chi connectivity index (χ3v) is 3.69. The summed E-state index contributed by atoms with van der Waals surface area (Å²) in [5.41, 5.74) is -0.656. The number of carbonyl (C=O) groups excluding carboxylic acids is 2. The molecule has 9 heteroatoms. The first-order valence-corrected chi connectivity index (χ1v) is 9.27. The highest BCUT2D eigenvalue weighted by Gasteiger charge is 2.40. The quantitative estimate of drug-likeness (QED) is 0.553. The summed E-state index contributed by atoms with van der Waals surface area (Å²) in [6.07, 6.45) is -0.266. The van der Waals surface area contributed by atoms with Crippen molar-refractivity contribution in [2.24, 2.45) is 5.92 Å². The second kappa shape index (κ2) is 7.48. The Morgan fingerprint density at radius 2 is 1.87 bits per heavy atom. The molecule has 2 unspecified atom stereocenters. The number of amides is 1. The number of piperidine rings is 1. The van der Waals surface area contributed by atoms with Gasteiger partial charge >= 0.3 is 12.1 Å². The molecule has 0 aromatic heterocycles. The minimum atomic E-state index is -3.71. The third-order valence-electron chi connectivity index (χ3n) is 3.09. The number of ether oxygens (including phenoxy) is 2. The average Bonchev–Trinajstić information content (AvgIpc) is 2.35. The van der Waals surface area contributed by atoms with Gasteiger partial charge in [0.05, 0.1) is 19.0 Å². The van der Waals surface area contributed by atoms with Gasteiger partial charge < -0.3 is 14.4 Å². The first kappa shape index (κ1) is 19.7. The van der Waals surface area contributed by atoms with Crippen molar-refractivity contribution in [3.63, 3.8) is 0 Å². The molecular formula is C14H25NO7S. The molecule has 0 N–H and O–H groups in total. The summed E-state index contributed by atoms with van der Waals surface area (Å²) in [5, 5.41) is 0. The molecule has 0 aromatic rings. The monoisotopic (exact) mass is 351 g/mol. The Morgan fingerprint density at radius 1 is 1.26 bits per heavy atom. The Hall–Kier alpha value is -1.35. The molecule has 0 aromatic carbocycles. The van der Waals surface area contributed by atoms with Crippen LogP contribution < -0.4 is 0 Å². The predicted molar refractivity (Wildman–Crippen MR) is 82.3 cm³/mol. The summed E-state index contributed by atoms with van der Waals surface area (Å²) >= 11 is 0. The van der Waals surface area contributed by atoms with Gasteiger partial charge in [0, 0.05) is 13.1 Å². The maximum absolute atomic E-state index is 12.1. The zero-order valence-corrected chi connectivity index (χ0v) is 15.0. The Bertz CT molecular complexity index is 538. The Balaban J connectivity index is 2.86. The molecule has 134 valence electrons. The van der Waals surface area contributed by atoms with Gasteiger partial charge in [-0.2, -0.15) is 8.42 Å². The van der Waals surface area contributed by atoms with Crippen LogP contribution in [0.25, 0.3) is 0 Å². The van der Waals surface area contributed by atoms with Crippen molar-refractivity contribution in [2.75, 3.05) is 26.0 Å². The van der Waals surface area contributed by atoms with Crippen LogP contribution in [-0.2, 0) is 28.6 Å². The summed E-state index contributed by atoms with van der Waals surface area (Å²) in [7, 11) is -3.71. The van der Waals surface area contributed by atoms with Crippen molar-refractivity contribution in [2.45, 2.75) is 45.8 Å². The van der Waals surface area contributed by atoms with Gasteiger partial charge in [-0.1, -0.05) is 0 Å². The van der Waals surface area contributed by atoms with E-state index >= 15 is 0 Å². The van der Waals surface area contributed by atoms with Crippen LogP contribution in [0.1, 0.15) is 34.1 Å². The molecule has 0 radical (unpaired) electrons. The lowest BCUT2D eigenvalue weighted by Gasteiger charge is -2.36. The second-order valence-electron chi connectivity index (χ2n) is 6.41. The molecule has 1 rings (SSSR count). The van der Waals surface area contributed by atoms with E-state index in [-0.39, 0.29) is 26.1 Å². The van der Waals surface area contributed by atoms with Gasteiger partial charge in [-0.05, 0) is 34.1 Å². The Morgan fingerprint density at radius 3 is 2.35 bits per heavy atom. The first-order valence-electron chi connectivity index (χ1n) is 7.45. The van der Waals surface area contributed by atoms with E-state index in [1.807, 2.05) is 0 Å². The lowest BCUT2D eigenvalue weighted by atomic mass is 9.95. The maximum Gasteiger partial charge on any atom is 0.410 e. The fraction of sp³-hybridized carbons (Fsp3) is 0.857. The van der Waals surface area contributed by atoms with Gasteiger partial charge in [-0.3, -0.25) is 8.98 Å². The zero-order valence-electron chi connectivity index (χ0n) is 14.2. The van der Waals surface area contributed by atoms with Gasteiger partial charge in [0.25, 0.3) is 10.1 Å². The fourth-order valence-electron chi connectivity index (χ4n) is 2.24. The molecule has 1 fully saturated rings. The Labute approximate surface area is 137 Å². The smallest absolute Gasteiger partial charge is 0.410 e. The third kappa shape index (κ3) is 6.74. The lowest BCUT2D eigenvalue weighted by molar-refractivity contribution is -0.153. The number of likely N-dealkylation sites (tertiary alicyclic amines) is 1. The molecule has 1 heterocycles. The van der Waals surface area contributed by atoms with Crippen LogP contribution >= 0.6 is 0 Å². The van der Waals surface area contributed by atoms with Gasteiger partial charge in [0.1, 0.15) is 11.5 Å². The SMILES string of the molecule is CCOC(=O)C1CN(C(=O)OC(C)(C)C)CCC1OS(C)(=O)=O. The zero-order chi connectivity index (χ0) is 17.8. The number of carbonyl (C=O) groups is 2. The minimum Gasteiger partial charge on any atom is -0.466 e. The molecule has 0 aliphatic carbocycles. The molecular weight excluding hydrogens is 326 g/mol. The van der Waals surface area contributed by atoms with Crippen LogP contribution in [0.3, 0.4) is 0 Å². The van der Waals surface area contributed by atoms with E-state index in [1.165, 1.54) is 4.90 Å². The minimum absolute atomic E-state index is 0.00602. The van der Waals surface area contributed by atoms with E-state index in [4.69, 9.17) is 13.7 Å².